The van der Waals surface area contributed by atoms with Crippen LogP contribution in [-0.4, -0.2) is 28.3 Å². The van der Waals surface area contributed by atoms with Crippen molar-refractivity contribution in [3.8, 4) is 11.3 Å². The first-order valence-corrected chi connectivity index (χ1v) is 9.72. The first-order chi connectivity index (χ1) is 14.0. The monoisotopic (exact) mass is 393 g/mol. The Balaban J connectivity index is 1.62. The van der Waals surface area contributed by atoms with Crippen molar-refractivity contribution >= 4 is 17.7 Å². The number of anilines is 1. The molecule has 29 heavy (non-hydrogen) atoms. The van der Waals surface area contributed by atoms with Crippen molar-refractivity contribution in [2.75, 3.05) is 11.9 Å². The second-order valence-electron chi connectivity index (χ2n) is 7.29. The highest BCUT2D eigenvalue weighted by Crippen LogP contribution is 2.39. The van der Waals surface area contributed by atoms with Crippen LogP contribution in [0.4, 0.5) is 5.82 Å². The maximum absolute atomic E-state index is 12.3. The Labute approximate surface area is 168 Å². The van der Waals surface area contributed by atoms with Crippen molar-refractivity contribution in [3.63, 3.8) is 0 Å². The minimum absolute atomic E-state index is 0.0540. The zero-order valence-electron chi connectivity index (χ0n) is 16.6. The van der Waals surface area contributed by atoms with Gasteiger partial charge in [0.2, 0.25) is 5.91 Å². The average molecular weight is 393 g/mol. The number of carbonyl (C=O) groups is 2. The number of nitrogens with zero attached hydrogens (tertiary/aromatic N) is 2. The van der Waals surface area contributed by atoms with Gasteiger partial charge < -0.3 is 14.5 Å². The van der Waals surface area contributed by atoms with Gasteiger partial charge in [0.25, 0.3) is 0 Å². The maximum Gasteiger partial charge on any atom is 0.338 e. The predicted octanol–water partition coefficient (Wildman–Crippen LogP) is 4.37. The van der Waals surface area contributed by atoms with E-state index in [0.717, 1.165) is 16.9 Å². The molecule has 0 aliphatic carbocycles. The summed E-state index contributed by atoms with van der Waals surface area (Å²) in [5.41, 5.74) is 2.30. The Morgan fingerprint density at radius 1 is 1.28 bits per heavy atom. The van der Waals surface area contributed by atoms with E-state index in [1.54, 1.807) is 25.3 Å². The molecule has 3 aromatic rings. The van der Waals surface area contributed by atoms with Gasteiger partial charge in [0, 0.05) is 23.6 Å². The predicted molar refractivity (Wildman–Crippen MR) is 108 cm³/mol. The minimum Gasteiger partial charge on any atom is -0.462 e. The SMILES string of the molecule is CCOC(=O)c1ccc(-c2ccc(C3CC(=O)Nc4c3cnn4C(C)C)o2)cc1. The van der Waals surface area contributed by atoms with E-state index >= 15 is 0 Å². The van der Waals surface area contributed by atoms with Crippen LogP contribution in [0.1, 0.15) is 60.8 Å². The van der Waals surface area contributed by atoms with Crippen LogP contribution < -0.4 is 5.32 Å². The van der Waals surface area contributed by atoms with Crippen molar-refractivity contribution in [3.05, 3.63) is 59.5 Å². The van der Waals surface area contributed by atoms with Crippen LogP contribution in [0.3, 0.4) is 0 Å². The van der Waals surface area contributed by atoms with E-state index < -0.39 is 0 Å². The lowest BCUT2D eigenvalue weighted by atomic mass is 9.92. The van der Waals surface area contributed by atoms with Gasteiger partial charge in [-0.2, -0.15) is 5.10 Å². The van der Waals surface area contributed by atoms with Crippen molar-refractivity contribution in [1.29, 1.82) is 0 Å². The number of carbonyl (C=O) groups excluding carboxylic acids is 2. The van der Waals surface area contributed by atoms with E-state index in [9.17, 15) is 9.59 Å². The van der Waals surface area contributed by atoms with Gasteiger partial charge in [0.15, 0.2) is 0 Å². The fraction of sp³-hybridized carbons (Fsp3) is 0.318. The van der Waals surface area contributed by atoms with Gasteiger partial charge in [-0.1, -0.05) is 12.1 Å². The number of ether oxygens (including phenoxy) is 1. The zero-order chi connectivity index (χ0) is 20.5. The molecule has 4 rings (SSSR count). The third kappa shape index (κ3) is 3.55. The summed E-state index contributed by atoms with van der Waals surface area (Å²) < 4.78 is 12.9. The summed E-state index contributed by atoms with van der Waals surface area (Å²) in [4.78, 5) is 24.1. The molecule has 7 heteroatoms. The molecular weight excluding hydrogens is 370 g/mol. The highest BCUT2D eigenvalue weighted by Gasteiger charge is 2.32. The second-order valence-corrected chi connectivity index (χ2v) is 7.29. The lowest BCUT2D eigenvalue weighted by Crippen LogP contribution is -2.25. The first kappa shape index (κ1) is 19.0. The molecule has 0 saturated carbocycles. The highest BCUT2D eigenvalue weighted by atomic mass is 16.5. The Morgan fingerprint density at radius 2 is 2.03 bits per heavy atom. The molecule has 1 aromatic carbocycles. The third-order valence-corrected chi connectivity index (χ3v) is 4.99. The molecule has 1 unspecified atom stereocenters. The summed E-state index contributed by atoms with van der Waals surface area (Å²) in [6.45, 7) is 6.16. The number of hydrogen-bond acceptors (Lipinski definition) is 5. The van der Waals surface area contributed by atoms with Crippen LogP contribution in [-0.2, 0) is 9.53 Å². The molecule has 0 radical (unpaired) electrons. The van der Waals surface area contributed by atoms with Gasteiger partial charge >= 0.3 is 5.97 Å². The van der Waals surface area contributed by atoms with Crippen molar-refractivity contribution in [1.82, 2.24) is 9.78 Å². The molecule has 0 fully saturated rings. The van der Waals surface area contributed by atoms with Gasteiger partial charge in [0.1, 0.15) is 17.3 Å². The number of esters is 1. The smallest absolute Gasteiger partial charge is 0.338 e. The summed E-state index contributed by atoms with van der Waals surface area (Å²) in [6, 6.07) is 11.0. The second kappa shape index (κ2) is 7.58. The van der Waals surface area contributed by atoms with E-state index in [2.05, 4.69) is 10.4 Å². The molecule has 0 saturated heterocycles. The zero-order valence-corrected chi connectivity index (χ0v) is 16.6. The van der Waals surface area contributed by atoms with Crippen LogP contribution >= 0.6 is 0 Å². The number of amides is 1. The van der Waals surface area contributed by atoms with Crippen LogP contribution in [0.2, 0.25) is 0 Å². The summed E-state index contributed by atoms with van der Waals surface area (Å²) in [5.74, 6) is 1.55. The molecule has 150 valence electrons. The van der Waals surface area contributed by atoms with Crippen LogP contribution in [0.25, 0.3) is 11.3 Å². The van der Waals surface area contributed by atoms with Crippen molar-refractivity contribution in [2.45, 2.75) is 39.2 Å². The van der Waals surface area contributed by atoms with Crippen LogP contribution in [0.15, 0.2) is 47.0 Å². The standard InChI is InChI=1S/C22H23N3O4/c1-4-28-22(27)15-7-5-14(6-8-15)18-9-10-19(29-18)16-11-20(26)24-21-17(16)12-23-25(21)13(2)3/h5-10,12-13,16H,4,11H2,1-3H3,(H,24,26). The molecule has 0 bridgehead atoms. The first-order valence-electron chi connectivity index (χ1n) is 9.72. The van der Waals surface area contributed by atoms with Crippen LogP contribution in [0, 0.1) is 0 Å². The van der Waals surface area contributed by atoms with E-state index in [4.69, 9.17) is 9.15 Å². The molecular formula is C22H23N3O4. The van der Waals surface area contributed by atoms with Gasteiger partial charge in [0.05, 0.1) is 24.3 Å². The average Bonchev–Trinajstić information content (AvgIpc) is 3.35. The van der Waals surface area contributed by atoms with Crippen molar-refractivity contribution in [2.24, 2.45) is 0 Å². The maximum atomic E-state index is 12.3. The summed E-state index contributed by atoms with van der Waals surface area (Å²) in [5, 5.41) is 7.36. The van der Waals surface area contributed by atoms with Gasteiger partial charge in [-0.15, -0.1) is 0 Å². The minimum atomic E-state index is -0.345. The van der Waals surface area contributed by atoms with Gasteiger partial charge in [-0.3, -0.25) is 4.79 Å². The molecule has 1 amide bonds. The van der Waals surface area contributed by atoms with E-state index in [-0.39, 0.29) is 23.8 Å². The number of benzene rings is 1. The lowest BCUT2D eigenvalue weighted by molar-refractivity contribution is -0.116. The lowest BCUT2D eigenvalue weighted by Gasteiger charge is -2.23. The molecule has 2 aromatic heterocycles. The quantitative estimate of drug-likeness (QED) is 0.650. The summed E-state index contributed by atoms with van der Waals surface area (Å²) >= 11 is 0. The largest absolute Gasteiger partial charge is 0.462 e. The molecule has 3 heterocycles. The normalized spacial score (nSPS) is 15.9. The van der Waals surface area contributed by atoms with Gasteiger partial charge in [-0.05, 0) is 45.0 Å². The molecule has 1 aliphatic heterocycles. The number of hydrogen-bond donors (Lipinski definition) is 1. The van der Waals surface area contributed by atoms with E-state index in [1.807, 2.05) is 42.8 Å². The Hall–Kier alpha value is -3.35. The number of nitrogens with one attached hydrogen (secondary N) is 1. The molecule has 1 aliphatic rings. The number of aromatic nitrogens is 2. The number of fused-ring (bicyclic) bond motifs is 1. The number of rotatable bonds is 5. The van der Waals surface area contributed by atoms with E-state index in [1.165, 1.54) is 0 Å². The van der Waals surface area contributed by atoms with Gasteiger partial charge in [-0.25, -0.2) is 9.48 Å². The fourth-order valence-corrected chi connectivity index (χ4v) is 3.56. The molecule has 1 N–H and O–H groups in total. The summed E-state index contributed by atoms with van der Waals surface area (Å²) in [7, 11) is 0. The van der Waals surface area contributed by atoms with Crippen LogP contribution in [0.5, 0.6) is 0 Å². The molecule has 1 atom stereocenters. The highest BCUT2D eigenvalue weighted by molar-refractivity contribution is 5.94. The Morgan fingerprint density at radius 3 is 2.72 bits per heavy atom. The molecule has 0 spiro atoms. The molecule has 7 nitrogen and oxygen atoms in total. The van der Waals surface area contributed by atoms with E-state index in [0.29, 0.717) is 30.1 Å². The Kier molecular flexibility index (Phi) is 4.96. The number of furan rings is 1. The topological polar surface area (TPSA) is 86.4 Å². The third-order valence-electron chi connectivity index (χ3n) is 4.99. The summed E-state index contributed by atoms with van der Waals surface area (Å²) in [6.07, 6.45) is 2.11. The van der Waals surface area contributed by atoms with Crippen molar-refractivity contribution < 1.29 is 18.7 Å². The Bertz CT molecular complexity index is 1050. The fourth-order valence-electron chi connectivity index (χ4n) is 3.56.